The minimum absolute atomic E-state index is 0.552. The molecule has 2 heterocycles. The predicted molar refractivity (Wildman–Crippen MR) is 71.4 cm³/mol. The van der Waals surface area contributed by atoms with Crippen molar-refractivity contribution in [2.24, 2.45) is 0 Å². The van der Waals surface area contributed by atoms with Gasteiger partial charge in [0.25, 0.3) is 0 Å². The lowest BCUT2D eigenvalue weighted by Gasteiger charge is -2.34. The smallest absolute Gasteiger partial charge is 0.0462 e. The zero-order valence-electron chi connectivity index (χ0n) is 10.1. The second kappa shape index (κ2) is 4.34. The number of pyridine rings is 1. The minimum Gasteiger partial charge on any atom is -0.368 e. The van der Waals surface area contributed by atoms with Gasteiger partial charge in [-0.2, -0.15) is 0 Å². The topological polar surface area (TPSA) is 28.2 Å². The Hall–Kier alpha value is -1.61. The van der Waals surface area contributed by atoms with Crippen LogP contribution in [0.4, 0.5) is 5.69 Å². The zero-order valence-corrected chi connectivity index (χ0v) is 10.1. The lowest BCUT2D eigenvalue weighted by atomic mass is 10.1. The maximum Gasteiger partial charge on any atom is 0.0462 e. The molecular weight excluding hydrogens is 210 g/mol. The molecule has 3 rings (SSSR count). The minimum atomic E-state index is 0.552. The molecule has 0 bridgehead atoms. The Morgan fingerprint density at radius 3 is 3.18 bits per heavy atom. The second-order valence-corrected chi connectivity index (χ2v) is 4.68. The highest BCUT2D eigenvalue weighted by Gasteiger charge is 2.17. The molecule has 3 heteroatoms. The van der Waals surface area contributed by atoms with Gasteiger partial charge < -0.3 is 10.2 Å². The summed E-state index contributed by atoms with van der Waals surface area (Å²) in [5, 5.41) is 5.99. The number of benzene rings is 1. The first-order valence-corrected chi connectivity index (χ1v) is 6.15. The van der Waals surface area contributed by atoms with Gasteiger partial charge in [0.1, 0.15) is 0 Å². The molecule has 17 heavy (non-hydrogen) atoms. The fourth-order valence-electron chi connectivity index (χ4n) is 2.52. The molecule has 0 amide bonds. The summed E-state index contributed by atoms with van der Waals surface area (Å²) >= 11 is 0. The van der Waals surface area contributed by atoms with E-state index in [9.17, 15) is 0 Å². The quantitative estimate of drug-likeness (QED) is 0.808. The van der Waals surface area contributed by atoms with E-state index >= 15 is 0 Å². The molecule has 1 aromatic heterocycles. The fraction of sp³-hybridized carbons (Fsp3) is 0.357. The fourth-order valence-corrected chi connectivity index (χ4v) is 2.52. The molecule has 1 fully saturated rings. The summed E-state index contributed by atoms with van der Waals surface area (Å²) in [4.78, 5) is 6.69. The Bertz CT molecular complexity index is 518. The summed E-state index contributed by atoms with van der Waals surface area (Å²) in [5.41, 5.74) is 1.31. The molecule has 88 valence electrons. The summed E-state index contributed by atoms with van der Waals surface area (Å²) in [6.07, 6.45) is 3.82. The van der Waals surface area contributed by atoms with E-state index in [-0.39, 0.29) is 0 Å². The molecule has 0 radical (unpaired) electrons. The maximum absolute atomic E-state index is 4.25. The first-order valence-electron chi connectivity index (χ1n) is 6.15. The van der Waals surface area contributed by atoms with Gasteiger partial charge in [-0.15, -0.1) is 0 Å². The van der Waals surface area contributed by atoms with Crippen molar-refractivity contribution in [2.75, 3.05) is 24.5 Å². The average molecular weight is 227 g/mol. The molecule has 0 aliphatic carbocycles. The standard InChI is InChI=1S/C14H17N3/c1-11-10-17(8-7-16-11)14-4-2-3-12-5-6-15-9-13(12)14/h2-6,9,11,16H,7-8,10H2,1H3. The van der Waals surface area contributed by atoms with Crippen LogP contribution in [-0.2, 0) is 0 Å². The van der Waals surface area contributed by atoms with Crippen molar-refractivity contribution < 1.29 is 0 Å². The van der Waals surface area contributed by atoms with Crippen molar-refractivity contribution in [3.8, 4) is 0 Å². The van der Waals surface area contributed by atoms with E-state index in [2.05, 4.69) is 46.4 Å². The van der Waals surface area contributed by atoms with Crippen molar-refractivity contribution >= 4 is 16.5 Å². The van der Waals surface area contributed by atoms with Gasteiger partial charge in [0.2, 0.25) is 0 Å². The molecule has 0 spiro atoms. The van der Waals surface area contributed by atoms with Crippen LogP contribution in [0.5, 0.6) is 0 Å². The molecular formula is C14H17N3. The Balaban J connectivity index is 2.04. The molecule has 0 saturated carbocycles. The van der Waals surface area contributed by atoms with Crippen LogP contribution in [0.3, 0.4) is 0 Å². The monoisotopic (exact) mass is 227 g/mol. The summed E-state index contributed by atoms with van der Waals surface area (Å²) in [5.74, 6) is 0. The van der Waals surface area contributed by atoms with Gasteiger partial charge in [-0.25, -0.2) is 0 Å². The first kappa shape index (κ1) is 10.5. The van der Waals surface area contributed by atoms with E-state index in [4.69, 9.17) is 0 Å². The summed E-state index contributed by atoms with van der Waals surface area (Å²) in [6, 6.07) is 9.10. The van der Waals surface area contributed by atoms with Crippen molar-refractivity contribution in [1.29, 1.82) is 0 Å². The third kappa shape index (κ3) is 1.98. The Kier molecular flexibility index (Phi) is 2.69. The molecule has 2 aromatic rings. The third-order valence-electron chi connectivity index (χ3n) is 3.37. The molecule has 3 nitrogen and oxygen atoms in total. The van der Waals surface area contributed by atoms with Gasteiger partial charge in [0.05, 0.1) is 0 Å². The Morgan fingerprint density at radius 1 is 1.35 bits per heavy atom. The van der Waals surface area contributed by atoms with Crippen LogP contribution in [0.25, 0.3) is 10.8 Å². The van der Waals surface area contributed by atoms with Crippen molar-refractivity contribution in [2.45, 2.75) is 13.0 Å². The SMILES string of the molecule is CC1CN(c2cccc3ccncc23)CCN1. The molecule has 1 aliphatic heterocycles. The lowest BCUT2D eigenvalue weighted by molar-refractivity contribution is 0.485. The molecule has 1 aromatic carbocycles. The number of hydrogen-bond acceptors (Lipinski definition) is 3. The highest BCUT2D eigenvalue weighted by atomic mass is 15.2. The van der Waals surface area contributed by atoms with Gasteiger partial charge >= 0.3 is 0 Å². The van der Waals surface area contributed by atoms with E-state index in [1.54, 1.807) is 0 Å². The van der Waals surface area contributed by atoms with E-state index in [0.717, 1.165) is 19.6 Å². The van der Waals surface area contributed by atoms with Crippen LogP contribution < -0.4 is 10.2 Å². The number of nitrogens with zero attached hydrogens (tertiary/aromatic N) is 2. The third-order valence-corrected chi connectivity index (χ3v) is 3.37. The number of nitrogens with one attached hydrogen (secondary N) is 1. The van der Waals surface area contributed by atoms with Gasteiger partial charge in [-0.1, -0.05) is 12.1 Å². The van der Waals surface area contributed by atoms with Gasteiger partial charge in [0.15, 0.2) is 0 Å². The predicted octanol–water partition coefficient (Wildman–Crippen LogP) is 2.03. The summed E-state index contributed by atoms with van der Waals surface area (Å²) in [7, 11) is 0. The lowest BCUT2D eigenvalue weighted by Crippen LogP contribution is -2.49. The number of rotatable bonds is 1. The zero-order chi connectivity index (χ0) is 11.7. The molecule has 1 saturated heterocycles. The van der Waals surface area contributed by atoms with E-state index in [0.29, 0.717) is 6.04 Å². The van der Waals surface area contributed by atoms with Gasteiger partial charge in [-0.3, -0.25) is 4.98 Å². The van der Waals surface area contributed by atoms with E-state index in [1.807, 2.05) is 12.4 Å². The Morgan fingerprint density at radius 2 is 2.29 bits per heavy atom. The van der Waals surface area contributed by atoms with Gasteiger partial charge in [0, 0.05) is 49.1 Å². The van der Waals surface area contributed by atoms with Crippen LogP contribution >= 0.6 is 0 Å². The highest BCUT2D eigenvalue weighted by molar-refractivity contribution is 5.93. The van der Waals surface area contributed by atoms with Crippen LogP contribution in [0.1, 0.15) is 6.92 Å². The number of piperazine rings is 1. The van der Waals surface area contributed by atoms with Crippen LogP contribution in [0.15, 0.2) is 36.7 Å². The van der Waals surface area contributed by atoms with Gasteiger partial charge in [-0.05, 0) is 24.4 Å². The number of anilines is 1. The average Bonchev–Trinajstić information content (AvgIpc) is 2.38. The second-order valence-electron chi connectivity index (χ2n) is 4.68. The molecule has 1 unspecified atom stereocenters. The normalized spacial score (nSPS) is 20.8. The highest BCUT2D eigenvalue weighted by Crippen LogP contribution is 2.26. The maximum atomic E-state index is 4.25. The first-order chi connectivity index (χ1) is 8.34. The van der Waals surface area contributed by atoms with E-state index in [1.165, 1.54) is 16.5 Å². The molecule has 1 N–H and O–H groups in total. The number of aromatic nitrogens is 1. The Labute approximate surface area is 101 Å². The summed E-state index contributed by atoms with van der Waals surface area (Å²) < 4.78 is 0. The van der Waals surface area contributed by atoms with Crippen molar-refractivity contribution in [1.82, 2.24) is 10.3 Å². The van der Waals surface area contributed by atoms with Crippen molar-refractivity contribution in [3.63, 3.8) is 0 Å². The largest absolute Gasteiger partial charge is 0.368 e. The van der Waals surface area contributed by atoms with Crippen LogP contribution in [-0.4, -0.2) is 30.7 Å². The summed E-state index contributed by atoms with van der Waals surface area (Å²) in [6.45, 7) is 5.42. The molecule has 1 atom stereocenters. The van der Waals surface area contributed by atoms with Crippen LogP contribution in [0.2, 0.25) is 0 Å². The van der Waals surface area contributed by atoms with Crippen LogP contribution in [0, 0.1) is 0 Å². The molecule has 1 aliphatic rings. The number of fused-ring (bicyclic) bond motifs is 1. The van der Waals surface area contributed by atoms with E-state index < -0.39 is 0 Å². The van der Waals surface area contributed by atoms with Crippen molar-refractivity contribution in [3.05, 3.63) is 36.7 Å². The number of hydrogen-bond donors (Lipinski definition) is 1.